The van der Waals surface area contributed by atoms with Crippen LogP contribution in [0.1, 0.15) is 17.2 Å². The zero-order chi connectivity index (χ0) is 20.9. The number of nitrogens with zero attached hydrogens (tertiary/aromatic N) is 1. The van der Waals surface area contributed by atoms with Gasteiger partial charge in [0.2, 0.25) is 10.0 Å². The molecule has 0 aromatic heterocycles. The zero-order valence-electron chi connectivity index (χ0n) is 15.7. The Kier molecular flexibility index (Phi) is 6.26. The maximum Gasteiger partial charge on any atom is 0.269 e. The molecule has 0 saturated carbocycles. The van der Waals surface area contributed by atoms with Crippen LogP contribution in [0.4, 0.5) is 5.69 Å². The zero-order valence-corrected chi connectivity index (χ0v) is 16.5. The second-order valence-electron chi connectivity index (χ2n) is 6.43. The Morgan fingerprint density at radius 2 is 1.59 bits per heavy atom. The van der Waals surface area contributed by atoms with Crippen LogP contribution in [-0.2, 0) is 10.0 Å². The molecule has 0 amide bonds. The van der Waals surface area contributed by atoms with Crippen molar-refractivity contribution in [2.45, 2.75) is 17.9 Å². The van der Waals surface area contributed by atoms with Gasteiger partial charge in [0.15, 0.2) is 0 Å². The normalized spacial score (nSPS) is 12.3. The van der Waals surface area contributed by atoms with E-state index in [9.17, 15) is 18.5 Å². The number of rotatable bonds is 8. The van der Waals surface area contributed by atoms with E-state index < -0.39 is 21.1 Å². The van der Waals surface area contributed by atoms with Gasteiger partial charge < -0.3 is 4.74 Å². The topological polar surface area (TPSA) is 98.5 Å². The number of aryl methyl sites for hydroxylation is 1. The molecule has 0 saturated heterocycles. The fourth-order valence-electron chi connectivity index (χ4n) is 2.69. The summed E-state index contributed by atoms with van der Waals surface area (Å²) in [6.07, 6.45) is -0.613. The van der Waals surface area contributed by atoms with Gasteiger partial charge in [-0.2, -0.15) is 0 Å². The molecule has 3 rings (SSSR count). The van der Waals surface area contributed by atoms with E-state index in [4.69, 9.17) is 4.74 Å². The summed E-state index contributed by atoms with van der Waals surface area (Å²) in [4.78, 5) is 10.5. The minimum Gasteiger partial charge on any atom is -0.484 e. The van der Waals surface area contributed by atoms with Gasteiger partial charge in [0.25, 0.3) is 5.69 Å². The van der Waals surface area contributed by atoms with Crippen LogP contribution in [0.25, 0.3) is 0 Å². The number of hydrogen-bond acceptors (Lipinski definition) is 5. The van der Waals surface area contributed by atoms with Crippen LogP contribution in [-0.4, -0.2) is 19.9 Å². The van der Waals surface area contributed by atoms with Crippen LogP contribution in [0.3, 0.4) is 0 Å². The maximum absolute atomic E-state index is 12.6. The minimum atomic E-state index is -3.71. The van der Waals surface area contributed by atoms with E-state index in [0.717, 1.165) is 11.1 Å². The van der Waals surface area contributed by atoms with Crippen molar-refractivity contribution in [1.82, 2.24) is 4.72 Å². The lowest BCUT2D eigenvalue weighted by Crippen LogP contribution is -2.30. The van der Waals surface area contributed by atoms with E-state index in [0.29, 0.717) is 5.75 Å². The number of ether oxygens (including phenoxy) is 1. The smallest absolute Gasteiger partial charge is 0.269 e. The van der Waals surface area contributed by atoms with Gasteiger partial charge in [0.05, 0.1) is 16.4 Å². The van der Waals surface area contributed by atoms with E-state index in [1.165, 1.54) is 24.3 Å². The molecule has 1 atom stereocenters. The van der Waals surface area contributed by atoms with Crippen molar-refractivity contribution in [3.05, 3.63) is 100 Å². The van der Waals surface area contributed by atoms with Gasteiger partial charge in [-0.1, -0.05) is 48.0 Å². The number of benzene rings is 3. The quantitative estimate of drug-likeness (QED) is 0.445. The van der Waals surface area contributed by atoms with Crippen LogP contribution in [0, 0.1) is 17.0 Å². The third-order valence-corrected chi connectivity index (χ3v) is 5.73. The number of nitro groups is 1. The Balaban J connectivity index is 1.79. The number of nitrogens with one attached hydrogen (secondary N) is 1. The third-order valence-electron chi connectivity index (χ3n) is 4.29. The molecule has 150 valence electrons. The largest absolute Gasteiger partial charge is 0.484 e. The highest BCUT2D eigenvalue weighted by Crippen LogP contribution is 2.24. The number of nitro benzene ring substituents is 1. The molecule has 0 aliphatic rings. The van der Waals surface area contributed by atoms with E-state index >= 15 is 0 Å². The average molecular weight is 412 g/mol. The molecule has 29 heavy (non-hydrogen) atoms. The molecule has 0 fully saturated rings. The van der Waals surface area contributed by atoms with Crippen LogP contribution in [0.5, 0.6) is 5.75 Å². The highest BCUT2D eigenvalue weighted by molar-refractivity contribution is 7.89. The fourth-order valence-corrected chi connectivity index (χ4v) is 3.72. The molecule has 7 nitrogen and oxygen atoms in total. The first-order valence-corrected chi connectivity index (χ1v) is 10.4. The predicted octanol–water partition coefficient (Wildman–Crippen LogP) is 4.00. The Morgan fingerprint density at radius 3 is 2.17 bits per heavy atom. The van der Waals surface area contributed by atoms with Gasteiger partial charge in [-0.05, 0) is 36.8 Å². The molecule has 0 bridgehead atoms. The summed E-state index contributed by atoms with van der Waals surface area (Å²) in [7, 11) is -3.71. The van der Waals surface area contributed by atoms with Crippen LogP contribution < -0.4 is 9.46 Å². The lowest BCUT2D eigenvalue weighted by atomic mass is 10.1. The predicted molar refractivity (Wildman–Crippen MR) is 109 cm³/mol. The Morgan fingerprint density at radius 1 is 0.966 bits per heavy atom. The van der Waals surface area contributed by atoms with Crippen molar-refractivity contribution in [3.8, 4) is 5.75 Å². The lowest BCUT2D eigenvalue weighted by Gasteiger charge is -2.20. The van der Waals surface area contributed by atoms with Crippen molar-refractivity contribution in [2.75, 3.05) is 6.54 Å². The van der Waals surface area contributed by atoms with Gasteiger partial charge in [-0.25, -0.2) is 13.1 Å². The Hall–Kier alpha value is -3.23. The summed E-state index contributed by atoms with van der Waals surface area (Å²) in [5.41, 5.74) is 1.69. The van der Waals surface area contributed by atoms with Crippen LogP contribution in [0.2, 0.25) is 0 Å². The lowest BCUT2D eigenvalue weighted by molar-refractivity contribution is -0.384. The van der Waals surface area contributed by atoms with Crippen LogP contribution >= 0.6 is 0 Å². The number of non-ortho nitro benzene ring substituents is 1. The summed E-state index contributed by atoms with van der Waals surface area (Å²) < 4.78 is 33.7. The number of hydrogen-bond donors (Lipinski definition) is 1. The fraction of sp³-hybridized carbons (Fsp3) is 0.143. The second kappa shape index (κ2) is 8.85. The molecule has 3 aromatic carbocycles. The molecule has 0 aliphatic carbocycles. The summed E-state index contributed by atoms with van der Waals surface area (Å²) in [6.45, 7) is 1.88. The molecule has 3 aromatic rings. The molecule has 1 N–H and O–H groups in total. The molecule has 0 radical (unpaired) electrons. The third kappa shape index (κ3) is 5.40. The van der Waals surface area contributed by atoms with Crippen molar-refractivity contribution in [3.63, 3.8) is 0 Å². The van der Waals surface area contributed by atoms with Crippen molar-refractivity contribution in [1.29, 1.82) is 0 Å². The van der Waals surface area contributed by atoms with Gasteiger partial charge in [0.1, 0.15) is 11.9 Å². The van der Waals surface area contributed by atoms with E-state index in [2.05, 4.69) is 4.72 Å². The molecule has 0 spiro atoms. The second-order valence-corrected chi connectivity index (χ2v) is 8.20. The average Bonchev–Trinajstić information content (AvgIpc) is 2.72. The Bertz CT molecular complexity index is 1070. The molecule has 0 aliphatic heterocycles. The Labute approximate surface area is 169 Å². The molecular weight excluding hydrogens is 392 g/mol. The molecule has 0 heterocycles. The highest BCUT2D eigenvalue weighted by Gasteiger charge is 2.20. The van der Waals surface area contributed by atoms with Crippen LogP contribution in [0.15, 0.2) is 83.8 Å². The van der Waals surface area contributed by atoms with E-state index in [-0.39, 0.29) is 17.1 Å². The monoisotopic (exact) mass is 412 g/mol. The molecule has 8 heteroatoms. The summed E-state index contributed by atoms with van der Waals surface area (Å²) >= 11 is 0. The van der Waals surface area contributed by atoms with E-state index in [1.54, 1.807) is 24.3 Å². The SMILES string of the molecule is Cc1ccc(S(=O)(=O)NCC(Oc2ccc([N+](=O)[O-])cc2)c2ccccc2)cc1. The summed E-state index contributed by atoms with van der Waals surface area (Å²) in [5, 5.41) is 10.8. The van der Waals surface area contributed by atoms with Gasteiger partial charge in [-0.3, -0.25) is 10.1 Å². The minimum absolute atomic E-state index is 0.00277. The van der Waals surface area contributed by atoms with Gasteiger partial charge >= 0.3 is 0 Å². The van der Waals surface area contributed by atoms with Gasteiger partial charge in [-0.15, -0.1) is 0 Å². The van der Waals surface area contributed by atoms with E-state index in [1.807, 2.05) is 37.3 Å². The summed E-state index contributed by atoms with van der Waals surface area (Å²) in [6, 6.07) is 21.4. The van der Waals surface area contributed by atoms with Crippen molar-refractivity contribution < 1.29 is 18.1 Å². The maximum atomic E-state index is 12.6. The molecule has 1 unspecified atom stereocenters. The highest BCUT2D eigenvalue weighted by atomic mass is 32.2. The van der Waals surface area contributed by atoms with Gasteiger partial charge in [0, 0.05) is 12.1 Å². The first-order valence-electron chi connectivity index (χ1n) is 8.87. The standard InChI is InChI=1S/C21H20N2O5S/c1-16-7-13-20(14-8-16)29(26,27)22-15-21(17-5-3-2-4-6-17)28-19-11-9-18(10-12-19)23(24)25/h2-14,21-22H,15H2,1H3. The first-order chi connectivity index (χ1) is 13.8. The van der Waals surface area contributed by atoms with Crippen molar-refractivity contribution >= 4 is 15.7 Å². The number of sulfonamides is 1. The summed E-state index contributed by atoms with van der Waals surface area (Å²) in [5.74, 6) is 0.402. The first kappa shape index (κ1) is 20.5. The molecular formula is C21H20N2O5S. The van der Waals surface area contributed by atoms with Crippen molar-refractivity contribution in [2.24, 2.45) is 0 Å².